The van der Waals surface area contributed by atoms with Gasteiger partial charge in [0.2, 0.25) is 5.91 Å². The van der Waals surface area contributed by atoms with Crippen molar-refractivity contribution in [3.05, 3.63) is 29.3 Å². The van der Waals surface area contributed by atoms with Crippen molar-refractivity contribution in [2.75, 3.05) is 12.3 Å². The fraction of sp³-hybridized carbons (Fsp3) is 0.533. The van der Waals surface area contributed by atoms with Gasteiger partial charge in [0.1, 0.15) is 0 Å². The lowest BCUT2D eigenvalue weighted by molar-refractivity contribution is -0.118. The minimum atomic E-state index is 0.130. The Morgan fingerprint density at radius 3 is 2.58 bits per heavy atom. The van der Waals surface area contributed by atoms with Gasteiger partial charge in [0.25, 0.3) is 0 Å². The monoisotopic (exact) mass is 297 g/mol. The van der Waals surface area contributed by atoms with Crippen LogP contribution in [-0.2, 0) is 4.79 Å². The quantitative estimate of drug-likeness (QED) is 0.828. The van der Waals surface area contributed by atoms with Crippen LogP contribution in [0.4, 0.5) is 0 Å². The number of carbonyl (C=O) groups is 1. The molecule has 0 radical (unpaired) electrons. The Morgan fingerprint density at radius 2 is 1.89 bits per heavy atom. The van der Waals surface area contributed by atoms with Gasteiger partial charge in [0, 0.05) is 16.5 Å². The average Bonchev–Trinajstić information content (AvgIpc) is 2.45. The standard InChI is InChI=1S/C15H20ClNOS/c16-13-6-8-14(9-7-13)19-11-15(18)17-10-12-4-2-1-3-5-12/h6-9,12H,1-5,10-11H2,(H,17,18). The van der Waals surface area contributed by atoms with E-state index in [4.69, 9.17) is 11.6 Å². The summed E-state index contributed by atoms with van der Waals surface area (Å²) in [5.74, 6) is 1.30. The van der Waals surface area contributed by atoms with Crippen LogP contribution in [0.3, 0.4) is 0 Å². The van der Waals surface area contributed by atoms with E-state index in [1.807, 2.05) is 24.3 Å². The first-order valence-electron chi connectivity index (χ1n) is 6.89. The molecule has 104 valence electrons. The molecule has 4 heteroatoms. The van der Waals surface area contributed by atoms with Gasteiger partial charge in [0.05, 0.1) is 5.75 Å². The molecule has 0 unspecified atom stereocenters. The maximum Gasteiger partial charge on any atom is 0.230 e. The summed E-state index contributed by atoms with van der Waals surface area (Å²) in [6, 6.07) is 7.59. The second-order valence-corrected chi connectivity index (χ2v) is 6.54. The lowest BCUT2D eigenvalue weighted by atomic mass is 9.89. The van der Waals surface area contributed by atoms with Crippen LogP contribution in [0.25, 0.3) is 0 Å². The van der Waals surface area contributed by atoms with Crippen LogP contribution in [0.15, 0.2) is 29.2 Å². The first-order valence-corrected chi connectivity index (χ1v) is 8.25. The smallest absolute Gasteiger partial charge is 0.230 e. The molecular weight excluding hydrogens is 278 g/mol. The normalized spacial score (nSPS) is 16.3. The number of benzene rings is 1. The molecule has 1 N–H and O–H groups in total. The largest absolute Gasteiger partial charge is 0.355 e. The third-order valence-corrected chi connectivity index (χ3v) is 4.76. The van der Waals surface area contributed by atoms with Crippen LogP contribution < -0.4 is 5.32 Å². The number of rotatable bonds is 5. The fourth-order valence-electron chi connectivity index (χ4n) is 2.38. The molecular formula is C15H20ClNOS. The molecule has 0 aliphatic heterocycles. The van der Waals surface area contributed by atoms with Crippen molar-refractivity contribution >= 4 is 29.3 Å². The molecule has 1 amide bonds. The highest BCUT2D eigenvalue weighted by Crippen LogP contribution is 2.23. The van der Waals surface area contributed by atoms with E-state index in [2.05, 4.69) is 5.32 Å². The van der Waals surface area contributed by atoms with Gasteiger partial charge in [-0.15, -0.1) is 11.8 Å². The molecule has 1 aromatic carbocycles. The molecule has 2 nitrogen and oxygen atoms in total. The number of carbonyl (C=O) groups excluding carboxylic acids is 1. The maximum atomic E-state index is 11.8. The summed E-state index contributed by atoms with van der Waals surface area (Å²) < 4.78 is 0. The Hall–Kier alpha value is -0.670. The van der Waals surface area contributed by atoms with Crippen LogP contribution in [0.1, 0.15) is 32.1 Å². The van der Waals surface area contributed by atoms with E-state index in [9.17, 15) is 4.79 Å². The summed E-state index contributed by atoms with van der Waals surface area (Å²) in [4.78, 5) is 12.8. The number of halogens is 1. The summed E-state index contributed by atoms with van der Waals surface area (Å²) in [6.07, 6.45) is 6.53. The predicted octanol–water partition coefficient (Wildman–Crippen LogP) is 4.13. The van der Waals surface area contributed by atoms with Crippen molar-refractivity contribution in [1.82, 2.24) is 5.32 Å². The minimum Gasteiger partial charge on any atom is -0.355 e. The van der Waals surface area contributed by atoms with Crippen molar-refractivity contribution in [2.24, 2.45) is 5.92 Å². The van der Waals surface area contributed by atoms with Gasteiger partial charge in [-0.25, -0.2) is 0 Å². The van der Waals surface area contributed by atoms with Gasteiger partial charge >= 0.3 is 0 Å². The molecule has 0 atom stereocenters. The molecule has 0 heterocycles. The molecule has 0 spiro atoms. The van der Waals surface area contributed by atoms with E-state index in [0.717, 1.165) is 16.5 Å². The molecule has 1 aromatic rings. The highest BCUT2D eigenvalue weighted by Gasteiger charge is 2.14. The van der Waals surface area contributed by atoms with E-state index in [0.29, 0.717) is 11.7 Å². The van der Waals surface area contributed by atoms with Crippen molar-refractivity contribution in [3.63, 3.8) is 0 Å². The van der Waals surface area contributed by atoms with E-state index >= 15 is 0 Å². The molecule has 1 fully saturated rings. The molecule has 19 heavy (non-hydrogen) atoms. The molecule has 1 aliphatic carbocycles. The highest BCUT2D eigenvalue weighted by molar-refractivity contribution is 8.00. The van der Waals surface area contributed by atoms with Crippen LogP contribution in [0, 0.1) is 5.92 Å². The SMILES string of the molecule is O=C(CSc1ccc(Cl)cc1)NCC1CCCCC1. The molecule has 1 saturated carbocycles. The highest BCUT2D eigenvalue weighted by atomic mass is 35.5. The summed E-state index contributed by atoms with van der Waals surface area (Å²) >= 11 is 7.37. The molecule has 1 aliphatic rings. The number of hydrogen-bond donors (Lipinski definition) is 1. The summed E-state index contributed by atoms with van der Waals surface area (Å²) in [7, 11) is 0. The Bertz CT molecular complexity index is 401. The Labute approximate surface area is 124 Å². The van der Waals surface area contributed by atoms with Gasteiger partial charge in [-0.1, -0.05) is 30.9 Å². The van der Waals surface area contributed by atoms with Crippen LogP contribution in [-0.4, -0.2) is 18.2 Å². The molecule has 0 bridgehead atoms. The summed E-state index contributed by atoms with van der Waals surface area (Å²) in [5.41, 5.74) is 0. The van der Waals surface area contributed by atoms with Gasteiger partial charge in [-0.3, -0.25) is 4.79 Å². The third-order valence-electron chi connectivity index (χ3n) is 3.50. The number of hydrogen-bond acceptors (Lipinski definition) is 2. The van der Waals surface area contributed by atoms with Gasteiger partial charge in [-0.05, 0) is 43.0 Å². The Balaban J connectivity index is 1.65. The van der Waals surface area contributed by atoms with E-state index in [-0.39, 0.29) is 5.91 Å². The Morgan fingerprint density at radius 1 is 1.21 bits per heavy atom. The molecule has 0 saturated heterocycles. The zero-order chi connectivity index (χ0) is 13.5. The average molecular weight is 298 g/mol. The van der Waals surface area contributed by atoms with Gasteiger partial charge in [-0.2, -0.15) is 0 Å². The minimum absolute atomic E-state index is 0.130. The van der Waals surface area contributed by atoms with Crippen molar-refractivity contribution in [3.8, 4) is 0 Å². The zero-order valence-electron chi connectivity index (χ0n) is 11.0. The lowest BCUT2D eigenvalue weighted by Gasteiger charge is -2.21. The van der Waals surface area contributed by atoms with Crippen LogP contribution >= 0.6 is 23.4 Å². The second-order valence-electron chi connectivity index (χ2n) is 5.05. The summed E-state index contributed by atoms with van der Waals surface area (Å²) in [6.45, 7) is 0.847. The van der Waals surface area contributed by atoms with E-state index < -0.39 is 0 Å². The van der Waals surface area contributed by atoms with E-state index in [1.54, 1.807) is 11.8 Å². The lowest BCUT2D eigenvalue weighted by Crippen LogP contribution is -2.31. The number of thioether (sulfide) groups is 1. The summed E-state index contributed by atoms with van der Waals surface area (Å²) in [5, 5.41) is 3.78. The van der Waals surface area contributed by atoms with Gasteiger partial charge in [0.15, 0.2) is 0 Å². The van der Waals surface area contributed by atoms with Crippen molar-refractivity contribution in [2.45, 2.75) is 37.0 Å². The first kappa shape index (κ1) is 14.7. The fourth-order valence-corrected chi connectivity index (χ4v) is 3.23. The van der Waals surface area contributed by atoms with Gasteiger partial charge < -0.3 is 5.32 Å². The number of amides is 1. The maximum absolute atomic E-state index is 11.8. The van der Waals surface area contributed by atoms with Crippen molar-refractivity contribution in [1.29, 1.82) is 0 Å². The molecule has 0 aromatic heterocycles. The Kier molecular flexibility index (Phi) is 6.05. The first-order chi connectivity index (χ1) is 9.24. The van der Waals surface area contributed by atoms with E-state index in [1.165, 1.54) is 32.1 Å². The topological polar surface area (TPSA) is 29.1 Å². The predicted molar refractivity (Wildman–Crippen MR) is 81.8 cm³/mol. The van der Waals surface area contributed by atoms with Crippen LogP contribution in [0.2, 0.25) is 5.02 Å². The number of nitrogens with one attached hydrogen (secondary N) is 1. The molecule has 2 rings (SSSR count). The second kappa shape index (κ2) is 7.81. The zero-order valence-corrected chi connectivity index (χ0v) is 12.6. The van der Waals surface area contributed by atoms with Crippen LogP contribution in [0.5, 0.6) is 0 Å². The van der Waals surface area contributed by atoms with Crippen molar-refractivity contribution < 1.29 is 4.79 Å². The third kappa shape index (κ3) is 5.45.